The van der Waals surface area contributed by atoms with Gasteiger partial charge in [0.25, 0.3) is 0 Å². The van der Waals surface area contributed by atoms with Crippen molar-refractivity contribution in [2.45, 2.75) is 6.92 Å². The van der Waals surface area contributed by atoms with Crippen LogP contribution in [0.3, 0.4) is 0 Å². The van der Waals surface area contributed by atoms with Crippen LogP contribution in [0.2, 0.25) is 0 Å². The topological polar surface area (TPSA) is 130 Å². The molecule has 14 heavy (non-hydrogen) atoms. The molecular formula is C4H8O8P2. The van der Waals surface area contributed by atoms with Crippen molar-refractivity contribution in [1.29, 1.82) is 0 Å². The van der Waals surface area contributed by atoms with Crippen LogP contribution in [0.25, 0.3) is 0 Å². The van der Waals surface area contributed by atoms with Crippen molar-refractivity contribution < 1.29 is 37.4 Å². The summed E-state index contributed by atoms with van der Waals surface area (Å²) in [6, 6.07) is 0. The van der Waals surface area contributed by atoms with Gasteiger partial charge in [0.15, 0.2) is 0 Å². The Hall–Kier alpha value is -0.490. The van der Waals surface area contributed by atoms with Crippen LogP contribution >= 0.6 is 15.6 Å². The van der Waals surface area contributed by atoms with Crippen LogP contribution in [0.15, 0.2) is 12.2 Å². The predicted molar refractivity (Wildman–Crippen MR) is 43.9 cm³/mol. The lowest BCUT2D eigenvalue weighted by atomic mass is 10.4. The molecule has 0 aromatic heterocycles. The molecule has 0 heterocycles. The smallest absolute Gasteiger partial charge is 0.367 e. The maximum absolute atomic E-state index is 10.7. The van der Waals surface area contributed by atoms with E-state index in [1.807, 2.05) is 0 Å². The Labute approximate surface area is 79.0 Å². The molecule has 1 unspecified atom stereocenters. The molecule has 0 aromatic rings. The van der Waals surface area contributed by atoms with E-state index in [9.17, 15) is 13.9 Å². The van der Waals surface area contributed by atoms with Gasteiger partial charge in [-0.1, -0.05) is 6.58 Å². The average molecular weight is 246 g/mol. The van der Waals surface area contributed by atoms with Crippen LogP contribution in [0, 0.1) is 0 Å². The molecule has 0 rings (SSSR count). The zero-order valence-corrected chi connectivity index (χ0v) is 8.77. The van der Waals surface area contributed by atoms with Gasteiger partial charge >= 0.3 is 21.6 Å². The Morgan fingerprint density at radius 1 is 1.29 bits per heavy atom. The summed E-state index contributed by atoms with van der Waals surface area (Å²) in [4.78, 5) is 35.6. The first kappa shape index (κ1) is 13.5. The Balaban J connectivity index is 4.52. The van der Waals surface area contributed by atoms with Gasteiger partial charge in [-0.2, -0.15) is 4.31 Å². The molecule has 0 bridgehead atoms. The molecule has 82 valence electrons. The van der Waals surface area contributed by atoms with Gasteiger partial charge in [-0.3, -0.25) is 4.89 Å². The molecule has 3 N–H and O–H groups in total. The van der Waals surface area contributed by atoms with Crippen molar-refractivity contribution in [1.82, 2.24) is 0 Å². The highest BCUT2D eigenvalue weighted by molar-refractivity contribution is 7.61. The number of hydrogen-bond acceptors (Lipinski definition) is 5. The first-order valence-electron chi connectivity index (χ1n) is 3.02. The molecule has 1 atom stereocenters. The predicted octanol–water partition coefficient (Wildman–Crippen LogP) is 0.315. The molecule has 0 saturated carbocycles. The molecule has 8 nitrogen and oxygen atoms in total. The summed E-state index contributed by atoms with van der Waals surface area (Å²) in [7, 11) is -10.3. The van der Waals surface area contributed by atoms with Crippen LogP contribution in [-0.2, 0) is 22.8 Å². The second-order valence-corrected chi connectivity index (χ2v) is 4.95. The quantitative estimate of drug-likeness (QED) is 0.477. The largest absolute Gasteiger partial charge is 0.538 e. The summed E-state index contributed by atoms with van der Waals surface area (Å²) in [5.74, 6) is -1.29. The van der Waals surface area contributed by atoms with Crippen molar-refractivity contribution in [2.75, 3.05) is 0 Å². The number of carbonyl (C=O) groups is 1. The van der Waals surface area contributed by atoms with Gasteiger partial charge < -0.3 is 14.3 Å². The van der Waals surface area contributed by atoms with Crippen LogP contribution in [0.1, 0.15) is 6.92 Å². The maximum atomic E-state index is 10.7. The van der Waals surface area contributed by atoms with E-state index >= 15 is 0 Å². The van der Waals surface area contributed by atoms with Crippen molar-refractivity contribution in [3.05, 3.63) is 12.2 Å². The van der Waals surface area contributed by atoms with Crippen LogP contribution in [0.4, 0.5) is 0 Å². The van der Waals surface area contributed by atoms with Crippen molar-refractivity contribution in [3.63, 3.8) is 0 Å². The minimum absolute atomic E-state index is 0.214. The van der Waals surface area contributed by atoms with Gasteiger partial charge in [-0.25, -0.2) is 13.9 Å². The third-order valence-corrected chi connectivity index (χ3v) is 2.83. The molecule has 0 aliphatic heterocycles. The van der Waals surface area contributed by atoms with E-state index in [2.05, 4.69) is 15.4 Å². The van der Waals surface area contributed by atoms with Crippen LogP contribution in [-0.4, -0.2) is 20.6 Å². The summed E-state index contributed by atoms with van der Waals surface area (Å²) < 4.78 is 27.9. The van der Waals surface area contributed by atoms with Gasteiger partial charge in [-0.15, -0.1) is 0 Å². The van der Waals surface area contributed by atoms with E-state index in [1.165, 1.54) is 6.92 Å². The number of hydrogen-bond donors (Lipinski definition) is 3. The molecule has 0 amide bonds. The van der Waals surface area contributed by atoms with E-state index in [1.54, 1.807) is 0 Å². The number of carbonyl (C=O) groups excluding carboxylic acids is 1. The van der Waals surface area contributed by atoms with E-state index in [0.717, 1.165) is 0 Å². The van der Waals surface area contributed by atoms with E-state index in [0.29, 0.717) is 0 Å². The highest BCUT2D eigenvalue weighted by Gasteiger charge is 2.35. The van der Waals surface area contributed by atoms with Crippen molar-refractivity contribution in [2.24, 2.45) is 0 Å². The molecule has 0 aromatic carbocycles. The maximum Gasteiger partial charge on any atom is 0.538 e. The molecule has 0 radical (unpaired) electrons. The van der Waals surface area contributed by atoms with Crippen molar-refractivity contribution >= 4 is 21.6 Å². The highest BCUT2D eigenvalue weighted by atomic mass is 31.3. The highest BCUT2D eigenvalue weighted by Crippen LogP contribution is 2.57. The first-order chi connectivity index (χ1) is 6.03. The fourth-order valence-electron chi connectivity index (χ4n) is 0.334. The van der Waals surface area contributed by atoms with E-state index in [4.69, 9.17) is 14.7 Å². The SMILES string of the molecule is C=C(C)C(=O)OP(=O)(O)OP(=O)(O)O. The monoisotopic (exact) mass is 246 g/mol. The normalized spacial score (nSPS) is 15.7. The Bertz CT molecular complexity index is 339. The summed E-state index contributed by atoms with van der Waals surface area (Å²) >= 11 is 0. The Morgan fingerprint density at radius 3 is 2.00 bits per heavy atom. The summed E-state index contributed by atoms with van der Waals surface area (Å²) in [6.07, 6.45) is 0. The lowest BCUT2D eigenvalue weighted by Crippen LogP contribution is -2.04. The Morgan fingerprint density at radius 2 is 1.71 bits per heavy atom. The number of phosphoric acid groups is 2. The molecule has 0 saturated heterocycles. The van der Waals surface area contributed by atoms with E-state index in [-0.39, 0.29) is 5.57 Å². The summed E-state index contributed by atoms with van der Waals surface area (Å²) in [6.45, 7) is 4.26. The molecule has 0 fully saturated rings. The van der Waals surface area contributed by atoms with Crippen LogP contribution < -0.4 is 0 Å². The zero-order chi connectivity index (χ0) is 11.6. The zero-order valence-electron chi connectivity index (χ0n) is 6.98. The van der Waals surface area contributed by atoms with Gasteiger partial charge in [0.2, 0.25) is 0 Å². The van der Waals surface area contributed by atoms with Crippen LogP contribution in [0.5, 0.6) is 0 Å². The fraction of sp³-hybridized carbons (Fsp3) is 0.250. The third-order valence-electron chi connectivity index (χ3n) is 0.756. The standard InChI is InChI=1S/C4H8O8P2/c1-3(2)4(5)11-14(9,10)12-13(6,7)8/h1H2,2H3,(H,9,10)(H2,6,7,8). The number of phosphoric ester groups is 1. The second-order valence-electron chi connectivity index (χ2n) is 2.20. The van der Waals surface area contributed by atoms with Gasteiger partial charge in [0, 0.05) is 5.57 Å². The summed E-state index contributed by atoms with van der Waals surface area (Å²) in [5.41, 5.74) is -0.214. The van der Waals surface area contributed by atoms with Gasteiger partial charge in [0.05, 0.1) is 0 Å². The summed E-state index contributed by atoms with van der Waals surface area (Å²) in [5, 5.41) is 0. The molecular weight excluding hydrogens is 238 g/mol. The molecule has 0 aliphatic rings. The minimum Gasteiger partial charge on any atom is -0.367 e. The first-order valence-corrected chi connectivity index (χ1v) is 6.05. The Kier molecular flexibility index (Phi) is 4.20. The lowest BCUT2D eigenvalue weighted by Gasteiger charge is -2.11. The molecule has 0 spiro atoms. The minimum atomic E-state index is -5.19. The van der Waals surface area contributed by atoms with Gasteiger partial charge in [-0.05, 0) is 6.92 Å². The lowest BCUT2D eigenvalue weighted by molar-refractivity contribution is -0.131. The van der Waals surface area contributed by atoms with Gasteiger partial charge in [0.1, 0.15) is 0 Å². The molecule has 0 aliphatic carbocycles. The average Bonchev–Trinajstić information content (AvgIpc) is 1.78. The fourth-order valence-corrected chi connectivity index (χ4v) is 1.91. The number of rotatable bonds is 4. The van der Waals surface area contributed by atoms with E-state index < -0.39 is 21.6 Å². The molecule has 10 heteroatoms. The van der Waals surface area contributed by atoms with Crippen molar-refractivity contribution in [3.8, 4) is 0 Å². The third kappa shape index (κ3) is 6.04. The second kappa shape index (κ2) is 4.35.